The van der Waals surface area contributed by atoms with Gasteiger partial charge in [-0.15, -0.1) is 0 Å². The maximum absolute atomic E-state index is 13.2. The van der Waals surface area contributed by atoms with E-state index < -0.39 is 35.8 Å². The molecule has 2 aromatic heterocycles. The molecular formula is C24H24N4O6. The first kappa shape index (κ1) is 22.0. The van der Waals surface area contributed by atoms with E-state index in [1.54, 1.807) is 24.3 Å². The molecule has 0 saturated carbocycles. The van der Waals surface area contributed by atoms with E-state index in [0.29, 0.717) is 50.2 Å². The zero-order valence-electron chi connectivity index (χ0n) is 18.5. The predicted octanol–water partition coefficient (Wildman–Crippen LogP) is 1.49. The van der Waals surface area contributed by atoms with Gasteiger partial charge >= 0.3 is 11.9 Å². The number of pyridine rings is 2. The summed E-state index contributed by atoms with van der Waals surface area (Å²) in [4.78, 5) is 63.5. The molecule has 4 bridgehead atoms. The van der Waals surface area contributed by atoms with E-state index in [9.17, 15) is 19.2 Å². The zero-order chi connectivity index (χ0) is 23.7. The van der Waals surface area contributed by atoms with Gasteiger partial charge in [0.05, 0.1) is 11.4 Å². The summed E-state index contributed by atoms with van der Waals surface area (Å²) in [5.41, 5.74) is 1.15. The second-order valence-electron chi connectivity index (χ2n) is 8.56. The van der Waals surface area contributed by atoms with Crippen molar-refractivity contribution in [3.05, 3.63) is 59.2 Å². The number of carbonyl (C=O) groups excluding carboxylic acids is 4. The Kier molecular flexibility index (Phi) is 5.95. The van der Waals surface area contributed by atoms with Gasteiger partial charge in [-0.2, -0.15) is 0 Å². The van der Waals surface area contributed by atoms with Gasteiger partial charge in [0.1, 0.15) is 36.7 Å². The summed E-state index contributed by atoms with van der Waals surface area (Å²) in [5.74, 6) is -1.91. The Hall–Kier alpha value is -3.82. The van der Waals surface area contributed by atoms with E-state index in [0.717, 1.165) is 0 Å². The van der Waals surface area contributed by atoms with Crippen molar-refractivity contribution in [2.75, 3.05) is 13.1 Å². The van der Waals surface area contributed by atoms with Gasteiger partial charge < -0.3 is 19.3 Å². The first-order valence-electron chi connectivity index (χ1n) is 11.4. The Bertz CT molecular complexity index is 1070. The molecule has 2 fully saturated rings. The third-order valence-electron chi connectivity index (χ3n) is 6.35. The molecule has 2 amide bonds. The lowest BCUT2D eigenvalue weighted by atomic mass is 10.2. The Balaban J connectivity index is 1.49. The Labute approximate surface area is 195 Å². The van der Waals surface area contributed by atoms with Crippen LogP contribution in [0.5, 0.6) is 0 Å². The molecule has 3 aliphatic rings. The predicted molar refractivity (Wildman–Crippen MR) is 116 cm³/mol. The number of rotatable bonds is 0. The average molecular weight is 464 g/mol. The van der Waals surface area contributed by atoms with Crippen LogP contribution < -0.4 is 0 Å². The third kappa shape index (κ3) is 4.23. The summed E-state index contributed by atoms with van der Waals surface area (Å²) < 4.78 is 10.9. The SMILES string of the molecule is O=C1OCc2cccc(n2)COC(=O)[C@@H]2CCCN2C(=O)c2cccc(n2)C(=O)N2CCC[C@@H]12. The van der Waals surface area contributed by atoms with Crippen molar-refractivity contribution in [2.45, 2.75) is 51.0 Å². The van der Waals surface area contributed by atoms with Crippen LogP contribution in [-0.4, -0.2) is 68.7 Å². The molecule has 0 aliphatic carbocycles. The molecule has 0 aromatic carbocycles. The van der Waals surface area contributed by atoms with E-state index in [1.807, 2.05) is 0 Å². The molecule has 0 radical (unpaired) electrons. The van der Waals surface area contributed by atoms with Crippen LogP contribution in [0.3, 0.4) is 0 Å². The molecule has 2 atom stereocenters. The molecule has 0 unspecified atom stereocenters. The molecule has 5 heterocycles. The number of esters is 2. The standard InChI is InChI=1S/C24H24N4O6/c29-21-17-7-2-8-18(26-17)22(30)28-12-4-10-20(28)24(32)34-14-16-6-1-5-15(25-16)13-33-23(31)19-9-3-11-27(19)21/h1-2,5-8,19-20H,3-4,9-14H2/t19-,20-/m0/s1. The van der Waals surface area contributed by atoms with E-state index in [2.05, 4.69) is 9.97 Å². The molecule has 3 aliphatic heterocycles. The molecular weight excluding hydrogens is 440 g/mol. The number of ether oxygens (including phenoxy) is 2. The fourth-order valence-corrected chi connectivity index (χ4v) is 4.65. The third-order valence-corrected chi connectivity index (χ3v) is 6.35. The minimum absolute atomic E-state index is 0.0577. The summed E-state index contributed by atoms with van der Waals surface area (Å²) in [5, 5.41) is 0. The fraction of sp³-hybridized carbons (Fsp3) is 0.417. The number of cyclic esters (lactones) is 2. The monoisotopic (exact) mass is 464 g/mol. The molecule has 2 aromatic rings. The van der Waals surface area contributed by atoms with E-state index in [4.69, 9.17) is 9.47 Å². The number of aromatic nitrogens is 2. The minimum atomic E-state index is -0.723. The highest BCUT2D eigenvalue weighted by Gasteiger charge is 2.38. The van der Waals surface area contributed by atoms with Crippen molar-refractivity contribution in [2.24, 2.45) is 0 Å². The molecule has 5 rings (SSSR count). The van der Waals surface area contributed by atoms with Gasteiger partial charge in [-0.3, -0.25) is 14.6 Å². The number of hydrogen-bond donors (Lipinski definition) is 0. The van der Waals surface area contributed by atoms with Crippen LogP contribution >= 0.6 is 0 Å². The van der Waals surface area contributed by atoms with Crippen molar-refractivity contribution in [3.8, 4) is 0 Å². The lowest BCUT2D eigenvalue weighted by Crippen LogP contribution is -2.43. The van der Waals surface area contributed by atoms with E-state index in [-0.39, 0.29) is 24.6 Å². The summed E-state index contributed by atoms with van der Waals surface area (Å²) in [7, 11) is 0. The lowest BCUT2D eigenvalue weighted by molar-refractivity contribution is -0.150. The Morgan fingerprint density at radius 2 is 1.15 bits per heavy atom. The van der Waals surface area contributed by atoms with Crippen molar-refractivity contribution in [1.29, 1.82) is 0 Å². The molecule has 0 spiro atoms. The van der Waals surface area contributed by atoms with Gasteiger partial charge in [0.25, 0.3) is 11.8 Å². The van der Waals surface area contributed by atoms with Crippen LogP contribution in [0, 0.1) is 0 Å². The number of hydrogen-bond acceptors (Lipinski definition) is 8. The molecule has 10 nitrogen and oxygen atoms in total. The van der Waals surface area contributed by atoms with Gasteiger partial charge in [0.2, 0.25) is 0 Å². The quantitative estimate of drug-likeness (QED) is 0.538. The number of carbonyl (C=O) groups is 4. The smallest absolute Gasteiger partial charge is 0.329 e. The van der Waals surface area contributed by atoms with Crippen molar-refractivity contribution < 1.29 is 28.7 Å². The van der Waals surface area contributed by atoms with Gasteiger partial charge in [-0.1, -0.05) is 12.1 Å². The largest absolute Gasteiger partial charge is 0.458 e. The summed E-state index contributed by atoms with van der Waals surface area (Å²) in [6, 6.07) is 8.33. The average Bonchev–Trinajstić information content (AvgIpc) is 3.55. The van der Waals surface area contributed by atoms with Gasteiger partial charge in [-0.25, -0.2) is 14.6 Å². The maximum atomic E-state index is 13.2. The fourth-order valence-electron chi connectivity index (χ4n) is 4.65. The first-order valence-corrected chi connectivity index (χ1v) is 11.4. The van der Waals surface area contributed by atoms with E-state index in [1.165, 1.54) is 21.9 Å². The van der Waals surface area contributed by atoms with E-state index >= 15 is 0 Å². The normalized spacial score (nSPS) is 23.5. The van der Waals surface area contributed by atoms with Crippen molar-refractivity contribution in [3.63, 3.8) is 0 Å². The summed E-state index contributed by atoms with van der Waals surface area (Å²) in [6.07, 6.45) is 2.30. The van der Waals surface area contributed by atoms with Crippen LogP contribution in [0.15, 0.2) is 36.4 Å². The van der Waals surface area contributed by atoms with Crippen LogP contribution in [-0.2, 0) is 32.3 Å². The van der Waals surface area contributed by atoms with Crippen LogP contribution in [0.4, 0.5) is 0 Å². The molecule has 0 N–H and O–H groups in total. The number of nitrogens with zero attached hydrogens (tertiary/aromatic N) is 4. The maximum Gasteiger partial charge on any atom is 0.329 e. The highest BCUT2D eigenvalue weighted by atomic mass is 16.5. The number of amides is 2. The number of fused-ring (bicyclic) bond motifs is 6. The van der Waals surface area contributed by atoms with Crippen LogP contribution in [0.1, 0.15) is 58.0 Å². The van der Waals surface area contributed by atoms with Gasteiger partial charge in [0.15, 0.2) is 0 Å². The second kappa shape index (κ2) is 9.20. The minimum Gasteiger partial charge on any atom is -0.458 e. The van der Waals surface area contributed by atoms with Crippen molar-refractivity contribution >= 4 is 23.8 Å². The van der Waals surface area contributed by atoms with Gasteiger partial charge in [-0.05, 0) is 49.9 Å². The van der Waals surface area contributed by atoms with Crippen molar-refractivity contribution in [1.82, 2.24) is 19.8 Å². The molecule has 2 saturated heterocycles. The van der Waals surface area contributed by atoms with Crippen LogP contribution in [0.25, 0.3) is 0 Å². The second-order valence-corrected chi connectivity index (χ2v) is 8.56. The highest BCUT2D eigenvalue weighted by Crippen LogP contribution is 2.24. The Morgan fingerprint density at radius 1 is 0.676 bits per heavy atom. The summed E-state index contributed by atoms with van der Waals surface area (Å²) >= 11 is 0. The summed E-state index contributed by atoms with van der Waals surface area (Å²) in [6.45, 7) is 0.675. The highest BCUT2D eigenvalue weighted by molar-refractivity contribution is 5.99. The zero-order valence-corrected chi connectivity index (χ0v) is 18.5. The molecule has 10 heteroatoms. The van der Waals surface area contributed by atoms with Gasteiger partial charge in [0, 0.05) is 13.1 Å². The first-order chi connectivity index (χ1) is 16.5. The Morgan fingerprint density at radius 3 is 1.65 bits per heavy atom. The lowest BCUT2D eigenvalue weighted by Gasteiger charge is -2.24. The van der Waals surface area contributed by atoms with Crippen LogP contribution in [0.2, 0.25) is 0 Å². The molecule has 176 valence electrons. The molecule has 34 heavy (non-hydrogen) atoms. The topological polar surface area (TPSA) is 119 Å².